The number of piperidine rings is 1. The lowest BCUT2D eigenvalue weighted by atomic mass is 9.93. The summed E-state index contributed by atoms with van der Waals surface area (Å²) in [5.74, 6) is 0. The minimum atomic E-state index is 0.808. The molecule has 17 heavy (non-hydrogen) atoms. The fourth-order valence-corrected chi connectivity index (χ4v) is 1.89. The quantitative estimate of drug-likeness (QED) is 0.594. The molecule has 1 fully saturated rings. The number of hydrogen-bond acceptors (Lipinski definition) is 2. The maximum atomic E-state index is 9.33. The summed E-state index contributed by atoms with van der Waals surface area (Å²) in [6.45, 7) is 9.78. The van der Waals surface area contributed by atoms with Crippen LogP contribution in [0.3, 0.4) is 0 Å². The van der Waals surface area contributed by atoms with Crippen LogP contribution in [0.2, 0.25) is 0 Å². The second-order valence-electron chi connectivity index (χ2n) is 4.18. The van der Waals surface area contributed by atoms with Gasteiger partial charge < -0.3 is 5.32 Å². The molecule has 0 radical (unpaired) electrons. The molecular weight excluding hydrogens is 208 g/mol. The van der Waals surface area contributed by atoms with Gasteiger partial charge in [0, 0.05) is 0 Å². The first-order chi connectivity index (χ1) is 8.22. The molecule has 1 heterocycles. The van der Waals surface area contributed by atoms with Gasteiger partial charge in [-0.3, -0.25) is 0 Å². The van der Waals surface area contributed by atoms with Crippen molar-refractivity contribution >= 4 is 0 Å². The van der Waals surface area contributed by atoms with Gasteiger partial charge in [0.2, 0.25) is 0 Å². The Morgan fingerprint density at radius 2 is 2.06 bits per heavy atom. The summed E-state index contributed by atoms with van der Waals surface area (Å²) < 4.78 is 0. The lowest BCUT2D eigenvalue weighted by Gasteiger charge is -2.17. The molecule has 0 unspecified atom stereocenters. The van der Waals surface area contributed by atoms with Crippen LogP contribution in [0, 0.1) is 11.3 Å². The highest BCUT2D eigenvalue weighted by molar-refractivity contribution is 5.53. The van der Waals surface area contributed by atoms with Gasteiger partial charge in [0.15, 0.2) is 0 Å². The molecule has 0 aromatic rings. The lowest BCUT2D eigenvalue weighted by molar-refractivity contribution is 0.607. The van der Waals surface area contributed by atoms with E-state index in [2.05, 4.69) is 18.0 Å². The highest BCUT2D eigenvalue weighted by atomic mass is 14.9. The summed E-state index contributed by atoms with van der Waals surface area (Å²) in [4.78, 5) is 0. The van der Waals surface area contributed by atoms with Crippen molar-refractivity contribution in [2.75, 3.05) is 13.1 Å². The topological polar surface area (TPSA) is 35.8 Å². The average molecular weight is 228 g/mol. The van der Waals surface area contributed by atoms with Gasteiger partial charge in [-0.2, -0.15) is 5.26 Å². The molecular formula is C15H20N2. The van der Waals surface area contributed by atoms with Crippen LogP contribution < -0.4 is 5.32 Å². The highest BCUT2D eigenvalue weighted by Gasteiger charge is 2.12. The predicted molar refractivity (Wildman–Crippen MR) is 72.5 cm³/mol. The van der Waals surface area contributed by atoms with Gasteiger partial charge >= 0.3 is 0 Å². The normalized spacial score (nSPS) is 17.6. The molecule has 1 saturated heterocycles. The molecule has 0 atom stereocenters. The number of nitrogens with one attached hydrogen (secondary N) is 1. The Kier molecular flexibility index (Phi) is 5.45. The zero-order valence-corrected chi connectivity index (χ0v) is 10.7. The van der Waals surface area contributed by atoms with Crippen molar-refractivity contribution in [2.24, 2.45) is 0 Å². The van der Waals surface area contributed by atoms with E-state index in [0.29, 0.717) is 0 Å². The molecule has 1 rings (SSSR count). The first kappa shape index (κ1) is 13.5. The Morgan fingerprint density at radius 3 is 2.53 bits per heavy atom. The first-order valence-electron chi connectivity index (χ1n) is 6.03. The third-order valence-corrected chi connectivity index (χ3v) is 3.02. The molecule has 2 nitrogen and oxygen atoms in total. The number of nitrogens with zero attached hydrogens (tertiary/aromatic N) is 1. The van der Waals surface area contributed by atoms with Crippen molar-refractivity contribution in [3.05, 3.63) is 47.1 Å². The summed E-state index contributed by atoms with van der Waals surface area (Å²) in [6, 6.07) is 2.34. The van der Waals surface area contributed by atoms with Gasteiger partial charge in [0.1, 0.15) is 0 Å². The van der Waals surface area contributed by atoms with E-state index >= 15 is 0 Å². The minimum absolute atomic E-state index is 0.808. The predicted octanol–water partition coefficient (Wildman–Crippen LogP) is 3.27. The van der Waals surface area contributed by atoms with E-state index < -0.39 is 0 Å². The number of hydrogen-bond donors (Lipinski definition) is 1. The summed E-state index contributed by atoms with van der Waals surface area (Å²) in [6.07, 6.45) is 7.76. The van der Waals surface area contributed by atoms with E-state index in [1.807, 2.05) is 26.0 Å². The van der Waals surface area contributed by atoms with Crippen LogP contribution in [-0.4, -0.2) is 13.1 Å². The second kappa shape index (κ2) is 6.88. The summed E-state index contributed by atoms with van der Waals surface area (Å²) in [5, 5.41) is 12.6. The number of allylic oxidation sites excluding steroid dienone is 6. The maximum Gasteiger partial charge on any atom is 0.0997 e. The van der Waals surface area contributed by atoms with Crippen LogP contribution in [0.1, 0.15) is 26.7 Å². The van der Waals surface area contributed by atoms with Gasteiger partial charge in [-0.25, -0.2) is 0 Å². The minimum Gasteiger partial charge on any atom is -0.316 e. The van der Waals surface area contributed by atoms with Gasteiger partial charge in [0.05, 0.1) is 11.6 Å². The van der Waals surface area contributed by atoms with E-state index in [4.69, 9.17) is 0 Å². The van der Waals surface area contributed by atoms with Gasteiger partial charge in [-0.15, -0.1) is 0 Å². The summed E-state index contributed by atoms with van der Waals surface area (Å²) in [7, 11) is 0. The number of nitriles is 1. The van der Waals surface area contributed by atoms with E-state index in [1.54, 1.807) is 6.08 Å². The fourth-order valence-electron chi connectivity index (χ4n) is 1.89. The van der Waals surface area contributed by atoms with Crippen LogP contribution in [0.4, 0.5) is 0 Å². The molecule has 90 valence electrons. The van der Waals surface area contributed by atoms with Crippen LogP contribution in [-0.2, 0) is 0 Å². The molecule has 1 aliphatic rings. The van der Waals surface area contributed by atoms with Gasteiger partial charge in [0.25, 0.3) is 0 Å². The Hall–Kier alpha value is -1.59. The van der Waals surface area contributed by atoms with Crippen molar-refractivity contribution in [3.8, 4) is 6.07 Å². The third-order valence-electron chi connectivity index (χ3n) is 3.02. The van der Waals surface area contributed by atoms with Crippen LogP contribution in [0.25, 0.3) is 0 Å². The first-order valence-corrected chi connectivity index (χ1v) is 6.03. The van der Waals surface area contributed by atoms with Crippen molar-refractivity contribution in [2.45, 2.75) is 26.7 Å². The van der Waals surface area contributed by atoms with Crippen LogP contribution in [0.15, 0.2) is 47.1 Å². The van der Waals surface area contributed by atoms with E-state index in [0.717, 1.165) is 42.7 Å². The van der Waals surface area contributed by atoms with Crippen molar-refractivity contribution < 1.29 is 0 Å². The molecule has 0 bridgehead atoms. The molecule has 1 aliphatic heterocycles. The molecule has 0 saturated carbocycles. The Morgan fingerprint density at radius 1 is 1.41 bits per heavy atom. The molecule has 0 spiro atoms. The van der Waals surface area contributed by atoms with Gasteiger partial charge in [-0.1, -0.05) is 30.4 Å². The molecule has 1 N–H and O–H groups in total. The van der Waals surface area contributed by atoms with E-state index in [1.165, 1.54) is 5.57 Å². The monoisotopic (exact) mass is 228 g/mol. The van der Waals surface area contributed by atoms with Crippen LogP contribution >= 0.6 is 0 Å². The largest absolute Gasteiger partial charge is 0.316 e. The fraction of sp³-hybridized carbons (Fsp3) is 0.400. The Labute approximate surface area is 104 Å². The van der Waals surface area contributed by atoms with E-state index in [9.17, 15) is 5.26 Å². The number of rotatable bonds is 3. The van der Waals surface area contributed by atoms with Gasteiger partial charge in [-0.05, 0) is 50.9 Å². The molecule has 0 aliphatic carbocycles. The third kappa shape index (κ3) is 3.72. The van der Waals surface area contributed by atoms with Crippen LogP contribution in [0.5, 0.6) is 0 Å². The smallest absolute Gasteiger partial charge is 0.0997 e. The second-order valence-corrected chi connectivity index (χ2v) is 4.18. The zero-order valence-electron chi connectivity index (χ0n) is 10.7. The molecule has 0 aromatic heterocycles. The molecule has 0 amide bonds. The SMILES string of the molecule is C=C/C(=C\C(C)=C/C)C(C#N)=C1CCNCC1. The zero-order chi connectivity index (χ0) is 12.7. The van der Waals surface area contributed by atoms with Crippen molar-refractivity contribution in [3.63, 3.8) is 0 Å². The molecule has 2 heteroatoms. The lowest BCUT2D eigenvalue weighted by Crippen LogP contribution is -2.23. The summed E-state index contributed by atoms with van der Waals surface area (Å²) in [5.41, 5.74) is 4.16. The highest BCUT2D eigenvalue weighted by Crippen LogP contribution is 2.23. The van der Waals surface area contributed by atoms with Crippen molar-refractivity contribution in [1.29, 1.82) is 5.26 Å². The molecule has 0 aromatic carbocycles. The standard InChI is InChI=1S/C15H20N2/c1-4-12(3)10-13(5-2)15(11-16)14-6-8-17-9-7-14/h4-5,10,17H,2,6-9H2,1,3H3/b12-4-,13-10+. The maximum absolute atomic E-state index is 9.33. The van der Waals surface area contributed by atoms with E-state index in [-0.39, 0.29) is 0 Å². The van der Waals surface area contributed by atoms with Crippen molar-refractivity contribution in [1.82, 2.24) is 5.32 Å². The Bertz CT molecular complexity index is 409. The summed E-state index contributed by atoms with van der Waals surface area (Å²) >= 11 is 0. The average Bonchev–Trinajstić information content (AvgIpc) is 2.39. The Balaban J connectivity index is 3.11.